The van der Waals surface area contributed by atoms with Crippen molar-refractivity contribution < 1.29 is 14.0 Å². The summed E-state index contributed by atoms with van der Waals surface area (Å²) in [6.45, 7) is 9.31. The van der Waals surface area contributed by atoms with Gasteiger partial charge in [0, 0.05) is 32.1 Å². The van der Waals surface area contributed by atoms with Crippen molar-refractivity contribution >= 4 is 11.8 Å². The lowest BCUT2D eigenvalue weighted by Crippen LogP contribution is -2.40. The zero-order valence-corrected chi connectivity index (χ0v) is 15.1. The van der Waals surface area contributed by atoms with Gasteiger partial charge in [-0.1, -0.05) is 0 Å². The minimum absolute atomic E-state index is 0.0201. The number of nitrogens with zero attached hydrogens (tertiary/aromatic N) is 2. The SMILES string of the molecule is Cc1cc(C(=O)N(CCC(=O)NCCN(C)C)C(C)C)c(C)o1. The Morgan fingerprint density at radius 2 is 1.87 bits per heavy atom. The maximum atomic E-state index is 12.7. The maximum Gasteiger partial charge on any atom is 0.257 e. The molecule has 6 nitrogen and oxygen atoms in total. The van der Waals surface area contributed by atoms with Gasteiger partial charge in [0.15, 0.2) is 0 Å². The minimum Gasteiger partial charge on any atom is -0.466 e. The van der Waals surface area contributed by atoms with Crippen LogP contribution in [-0.4, -0.2) is 61.4 Å². The summed E-state index contributed by atoms with van der Waals surface area (Å²) in [5.41, 5.74) is 0.573. The van der Waals surface area contributed by atoms with E-state index in [2.05, 4.69) is 5.32 Å². The molecular formula is C17H29N3O3. The van der Waals surface area contributed by atoms with Crippen LogP contribution in [0.5, 0.6) is 0 Å². The first-order chi connectivity index (χ1) is 10.7. The van der Waals surface area contributed by atoms with E-state index in [1.165, 1.54) is 0 Å². The van der Waals surface area contributed by atoms with Gasteiger partial charge in [0.25, 0.3) is 5.91 Å². The summed E-state index contributed by atoms with van der Waals surface area (Å²) in [4.78, 5) is 28.3. The van der Waals surface area contributed by atoms with Crippen LogP contribution in [0.15, 0.2) is 10.5 Å². The number of nitrogens with one attached hydrogen (secondary N) is 1. The largest absolute Gasteiger partial charge is 0.466 e. The van der Waals surface area contributed by atoms with Crippen molar-refractivity contribution in [1.82, 2.24) is 15.1 Å². The van der Waals surface area contributed by atoms with Crippen molar-refractivity contribution in [3.05, 3.63) is 23.2 Å². The first-order valence-electron chi connectivity index (χ1n) is 8.01. The van der Waals surface area contributed by atoms with Crippen LogP contribution in [0.2, 0.25) is 0 Å². The standard InChI is InChI=1S/C17H29N3O3/c1-12(2)20(9-7-16(21)18-8-10-19(5)6)17(22)15-11-13(3)23-14(15)4/h11-12H,7-10H2,1-6H3,(H,18,21). The molecule has 0 aromatic carbocycles. The third kappa shape index (κ3) is 6.06. The van der Waals surface area contributed by atoms with Crippen molar-refractivity contribution in [2.45, 2.75) is 40.2 Å². The lowest BCUT2D eigenvalue weighted by Gasteiger charge is -2.26. The number of hydrogen-bond donors (Lipinski definition) is 1. The Bertz CT molecular complexity index is 535. The predicted molar refractivity (Wildman–Crippen MR) is 90.5 cm³/mol. The average Bonchev–Trinajstić information content (AvgIpc) is 2.76. The van der Waals surface area contributed by atoms with Gasteiger partial charge in [-0.3, -0.25) is 9.59 Å². The minimum atomic E-state index is -0.0876. The number of carbonyl (C=O) groups is 2. The second-order valence-corrected chi connectivity index (χ2v) is 6.32. The molecule has 130 valence electrons. The molecule has 6 heteroatoms. The van der Waals surface area contributed by atoms with Gasteiger partial charge in [0.2, 0.25) is 5.91 Å². The predicted octanol–water partition coefficient (Wildman–Crippen LogP) is 1.81. The molecule has 0 saturated heterocycles. The molecule has 0 spiro atoms. The van der Waals surface area contributed by atoms with Crippen LogP contribution in [0, 0.1) is 13.8 Å². The molecule has 23 heavy (non-hydrogen) atoms. The molecule has 0 aliphatic carbocycles. The summed E-state index contributed by atoms with van der Waals surface area (Å²) in [5.74, 6) is 1.21. The fourth-order valence-corrected chi connectivity index (χ4v) is 2.32. The van der Waals surface area contributed by atoms with Crippen molar-refractivity contribution in [2.75, 3.05) is 33.7 Å². The molecule has 0 bridgehead atoms. The Morgan fingerprint density at radius 1 is 1.22 bits per heavy atom. The molecule has 0 fully saturated rings. The summed E-state index contributed by atoms with van der Waals surface area (Å²) in [5, 5.41) is 2.87. The molecule has 0 unspecified atom stereocenters. The van der Waals surface area contributed by atoms with E-state index >= 15 is 0 Å². The Morgan fingerprint density at radius 3 is 2.35 bits per heavy atom. The normalized spacial score (nSPS) is 11.1. The zero-order chi connectivity index (χ0) is 17.6. The van der Waals surface area contributed by atoms with Crippen LogP contribution < -0.4 is 5.32 Å². The van der Waals surface area contributed by atoms with E-state index in [0.29, 0.717) is 30.8 Å². The Hall–Kier alpha value is -1.82. The number of furan rings is 1. The van der Waals surface area contributed by atoms with Crippen LogP contribution >= 0.6 is 0 Å². The highest BCUT2D eigenvalue weighted by atomic mass is 16.3. The summed E-state index contributed by atoms with van der Waals surface area (Å²) < 4.78 is 5.44. The molecule has 0 atom stereocenters. The van der Waals surface area contributed by atoms with Gasteiger partial charge in [0.1, 0.15) is 11.5 Å². The molecule has 1 N–H and O–H groups in total. The van der Waals surface area contributed by atoms with E-state index in [9.17, 15) is 9.59 Å². The van der Waals surface area contributed by atoms with E-state index in [0.717, 1.165) is 12.3 Å². The summed E-state index contributed by atoms with van der Waals surface area (Å²) in [6.07, 6.45) is 0.299. The van der Waals surface area contributed by atoms with Gasteiger partial charge in [0.05, 0.1) is 5.56 Å². The van der Waals surface area contributed by atoms with Crippen molar-refractivity contribution in [2.24, 2.45) is 0 Å². The van der Waals surface area contributed by atoms with Crippen molar-refractivity contribution in [3.63, 3.8) is 0 Å². The number of aryl methyl sites for hydroxylation is 2. The molecule has 0 aliphatic heterocycles. The second kappa shape index (κ2) is 8.72. The Balaban J connectivity index is 2.60. The topological polar surface area (TPSA) is 65.8 Å². The number of likely N-dealkylation sites (N-methyl/N-ethyl adjacent to an activating group) is 1. The van der Waals surface area contributed by atoms with E-state index in [-0.39, 0.29) is 17.9 Å². The van der Waals surface area contributed by atoms with Crippen LogP contribution in [0.4, 0.5) is 0 Å². The summed E-state index contributed by atoms with van der Waals surface area (Å²) in [6, 6.07) is 1.77. The van der Waals surface area contributed by atoms with E-state index in [1.807, 2.05) is 39.8 Å². The lowest BCUT2D eigenvalue weighted by molar-refractivity contribution is -0.121. The van der Waals surface area contributed by atoms with Crippen LogP contribution in [-0.2, 0) is 4.79 Å². The molecule has 1 aromatic heterocycles. The van der Waals surface area contributed by atoms with Crippen molar-refractivity contribution in [3.8, 4) is 0 Å². The molecule has 1 aromatic rings. The third-order valence-electron chi connectivity index (χ3n) is 3.62. The molecule has 1 heterocycles. The fraction of sp³-hybridized carbons (Fsp3) is 0.647. The highest BCUT2D eigenvalue weighted by molar-refractivity contribution is 5.95. The monoisotopic (exact) mass is 323 g/mol. The molecular weight excluding hydrogens is 294 g/mol. The van der Waals surface area contributed by atoms with Gasteiger partial charge < -0.3 is 19.5 Å². The fourth-order valence-electron chi connectivity index (χ4n) is 2.32. The molecule has 0 radical (unpaired) electrons. The first-order valence-corrected chi connectivity index (χ1v) is 8.01. The zero-order valence-electron chi connectivity index (χ0n) is 15.1. The van der Waals surface area contributed by atoms with E-state index < -0.39 is 0 Å². The maximum absolute atomic E-state index is 12.7. The van der Waals surface area contributed by atoms with E-state index in [4.69, 9.17) is 4.42 Å². The molecule has 2 amide bonds. The van der Waals surface area contributed by atoms with Gasteiger partial charge in [-0.2, -0.15) is 0 Å². The van der Waals surface area contributed by atoms with Gasteiger partial charge in [-0.15, -0.1) is 0 Å². The van der Waals surface area contributed by atoms with E-state index in [1.54, 1.807) is 17.9 Å². The average molecular weight is 323 g/mol. The van der Waals surface area contributed by atoms with Crippen LogP contribution in [0.25, 0.3) is 0 Å². The van der Waals surface area contributed by atoms with Gasteiger partial charge in [-0.25, -0.2) is 0 Å². The molecule has 1 rings (SSSR count). The number of amides is 2. The smallest absolute Gasteiger partial charge is 0.257 e. The van der Waals surface area contributed by atoms with Gasteiger partial charge >= 0.3 is 0 Å². The van der Waals surface area contributed by atoms with Crippen molar-refractivity contribution in [1.29, 1.82) is 0 Å². The first kappa shape index (κ1) is 19.2. The number of rotatable bonds is 8. The Kier molecular flexibility index (Phi) is 7.29. The molecule has 0 aliphatic rings. The number of hydrogen-bond acceptors (Lipinski definition) is 4. The Labute approximate surface area is 138 Å². The quantitative estimate of drug-likeness (QED) is 0.792. The number of carbonyl (C=O) groups excluding carboxylic acids is 2. The highest BCUT2D eigenvalue weighted by Crippen LogP contribution is 2.17. The summed E-state index contributed by atoms with van der Waals surface area (Å²) in [7, 11) is 3.92. The summed E-state index contributed by atoms with van der Waals surface area (Å²) >= 11 is 0. The molecule has 0 saturated carbocycles. The van der Waals surface area contributed by atoms with Gasteiger partial charge in [-0.05, 0) is 47.9 Å². The van der Waals surface area contributed by atoms with Crippen LogP contribution in [0.1, 0.15) is 42.1 Å². The lowest BCUT2D eigenvalue weighted by atomic mass is 10.1. The second-order valence-electron chi connectivity index (χ2n) is 6.32. The highest BCUT2D eigenvalue weighted by Gasteiger charge is 2.23. The third-order valence-corrected chi connectivity index (χ3v) is 3.62. The van der Waals surface area contributed by atoms with Crippen LogP contribution in [0.3, 0.4) is 0 Å².